The summed E-state index contributed by atoms with van der Waals surface area (Å²) in [4.78, 5) is 21.3. The number of rotatable bonds is 10. The Balaban J connectivity index is 1.77. The fraction of sp³-hybridized carbons (Fsp3) is 0.269. The number of nitrogens with zero attached hydrogens (tertiary/aromatic N) is 6. The lowest BCUT2D eigenvalue weighted by Gasteiger charge is -2.11. The van der Waals surface area contributed by atoms with Crippen molar-refractivity contribution in [1.82, 2.24) is 29.5 Å². The first kappa shape index (κ1) is 24.9. The van der Waals surface area contributed by atoms with E-state index in [2.05, 4.69) is 31.0 Å². The highest BCUT2D eigenvalue weighted by atomic mass is 19.1. The molecule has 8 nitrogen and oxygen atoms in total. The Morgan fingerprint density at radius 2 is 1.81 bits per heavy atom. The smallest absolute Gasteiger partial charge is 0.320 e. The van der Waals surface area contributed by atoms with Gasteiger partial charge in [0.15, 0.2) is 17.0 Å². The number of pyridine rings is 2. The molecule has 0 saturated carbocycles. The summed E-state index contributed by atoms with van der Waals surface area (Å²) in [6.07, 6.45) is 13.8. The molecule has 0 amide bonds. The van der Waals surface area contributed by atoms with Gasteiger partial charge in [0.1, 0.15) is 17.5 Å². The molecule has 0 atom stereocenters. The van der Waals surface area contributed by atoms with Gasteiger partial charge in [-0.15, -0.1) is 0 Å². The zero-order valence-electron chi connectivity index (χ0n) is 20.2. The number of imidazole rings is 1. The van der Waals surface area contributed by atoms with Crippen molar-refractivity contribution < 1.29 is 13.5 Å². The number of hydrogen-bond donors (Lipinski definition) is 1. The molecule has 0 bridgehead atoms. The Hall–Kier alpha value is -4.21. The van der Waals surface area contributed by atoms with Crippen molar-refractivity contribution >= 4 is 17.0 Å². The number of aromatic nitrogens is 6. The summed E-state index contributed by atoms with van der Waals surface area (Å²) in [6, 6.07) is 2.98. The summed E-state index contributed by atoms with van der Waals surface area (Å²) in [5.74, 6) is -0.216. The standard InChI is InChI=1S/C26H27F2N7O/c1-3-5-7-17(8-6-9-18-10-20(27)14-30-12-18)16-35-24(19-11-21(28)15-31-13-19)32-22-23(29)33-26(36-4-2)34-25(22)35/h5,7-8,10-15H,3-4,6,9,16H2,1-2H3,(H2,29,33,34)/b7-5-,17-8+. The number of nitrogen functional groups attached to an aromatic ring is 1. The second-order valence-corrected chi connectivity index (χ2v) is 8.05. The minimum atomic E-state index is -0.481. The van der Waals surface area contributed by atoms with Gasteiger partial charge in [0.25, 0.3) is 0 Å². The van der Waals surface area contributed by atoms with E-state index in [4.69, 9.17) is 10.5 Å². The molecular formula is C26H27F2N7O. The molecule has 0 radical (unpaired) electrons. The quantitative estimate of drug-likeness (QED) is 0.309. The maximum atomic E-state index is 14.0. The number of hydrogen-bond acceptors (Lipinski definition) is 7. The van der Waals surface area contributed by atoms with E-state index in [0.717, 1.165) is 23.8 Å². The van der Waals surface area contributed by atoms with Gasteiger partial charge in [-0.25, -0.2) is 13.8 Å². The van der Waals surface area contributed by atoms with Crippen LogP contribution in [0.1, 0.15) is 32.3 Å². The topological polar surface area (TPSA) is 105 Å². The normalized spacial score (nSPS) is 12.1. The first-order valence-corrected chi connectivity index (χ1v) is 11.7. The number of anilines is 1. The highest BCUT2D eigenvalue weighted by Crippen LogP contribution is 2.29. The van der Waals surface area contributed by atoms with Crippen LogP contribution in [0.5, 0.6) is 6.01 Å². The number of halogens is 2. The van der Waals surface area contributed by atoms with Crippen LogP contribution < -0.4 is 10.5 Å². The number of nitrogens with two attached hydrogens (primary N) is 1. The lowest BCUT2D eigenvalue weighted by Crippen LogP contribution is -2.06. The zero-order valence-corrected chi connectivity index (χ0v) is 20.2. The Morgan fingerprint density at radius 1 is 1.03 bits per heavy atom. The SMILES string of the molecule is CC/C=C\C(=C/CCc1cncc(F)c1)Cn1c(-c2cncc(F)c2)nc2c(N)nc(OCC)nc21. The van der Waals surface area contributed by atoms with Gasteiger partial charge in [0.05, 0.1) is 25.5 Å². The molecule has 0 spiro atoms. The lowest BCUT2D eigenvalue weighted by atomic mass is 10.1. The van der Waals surface area contributed by atoms with Crippen LogP contribution in [0.2, 0.25) is 0 Å². The van der Waals surface area contributed by atoms with Crippen molar-refractivity contribution in [1.29, 1.82) is 0 Å². The van der Waals surface area contributed by atoms with Crippen LogP contribution >= 0.6 is 0 Å². The maximum Gasteiger partial charge on any atom is 0.320 e. The first-order chi connectivity index (χ1) is 17.5. The molecule has 4 rings (SSSR count). The second-order valence-electron chi connectivity index (χ2n) is 8.05. The third-order valence-corrected chi connectivity index (χ3v) is 5.35. The van der Waals surface area contributed by atoms with Crippen LogP contribution in [0.25, 0.3) is 22.6 Å². The predicted octanol–water partition coefficient (Wildman–Crippen LogP) is 5.07. The fourth-order valence-electron chi connectivity index (χ4n) is 3.75. The summed E-state index contributed by atoms with van der Waals surface area (Å²) in [6.45, 7) is 4.63. The monoisotopic (exact) mass is 491 g/mol. The van der Waals surface area contributed by atoms with Crippen LogP contribution in [-0.2, 0) is 13.0 Å². The summed E-state index contributed by atoms with van der Waals surface area (Å²) in [7, 11) is 0. The molecule has 4 aromatic rings. The summed E-state index contributed by atoms with van der Waals surface area (Å²) >= 11 is 0. The van der Waals surface area contributed by atoms with Gasteiger partial charge in [-0.3, -0.25) is 9.97 Å². The molecular weight excluding hydrogens is 464 g/mol. The van der Waals surface area contributed by atoms with E-state index in [1.807, 2.05) is 30.6 Å². The molecule has 36 heavy (non-hydrogen) atoms. The van der Waals surface area contributed by atoms with E-state index in [0.29, 0.717) is 48.5 Å². The molecule has 10 heteroatoms. The van der Waals surface area contributed by atoms with E-state index >= 15 is 0 Å². The van der Waals surface area contributed by atoms with E-state index in [1.165, 1.54) is 24.5 Å². The molecule has 0 aliphatic carbocycles. The Morgan fingerprint density at radius 3 is 2.53 bits per heavy atom. The molecule has 0 fully saturated rings. The van der Waals surface area contributed by atoms with E-state index in [-0.39, 0.29) is 17.6 Å². The highest BCUT2D eigenvalue weighted by molar-refractivity contribution is 5.86. The van der Waals surface area contributed by atoms with Crippen molar-refractivity contribution in [3.63, 3.8) is 0 Å². The van der Waals surface area contributed by atoms with E-state index in [1.54, 1.807) is 6.20 Å². The van der Waals surface area contributed by atoms with Crippen molar-refractivity contribution in [3.8, 4) is 17.4 Å². The van der Waals surface area contributed by atoms with Crippen molar-refractivity contribution in [2.24, 2.45) is 0 Å². The van der Waals surface area contributed by atoms with Crippen molar-refractivity contribution in [2.45, 2.75) is 39.7 Å². The Bertz CT molecular complexity index is 1410. The zero-order chi connectivity index (χ0) is 25.5. The number of allylic oxidation sites excluding steroid dienone is 4. The third kappa shape index (κ3) is 5.88. The van der Waals surface area contributed by atoms with Gasteiger partial charge >= 0.3 is 6.01 Å². The second kappa shape index (κ2) is 11.5. The molecule has 0 unspecified atom stereocenters. The van der Waals surface area contributed by atoms with Crippen molar-refractivity contribution in [3.05, 3.63) is 77.9 Å². The maximum absolute atomic E-state index is 14.0. The van der Waals surface area contributed by atoms with Crippen LogP contribution in [-0.4, -0.2) is 36.1 Å². The molecule has 4 heterocycles. The number of aryl methyl sites for hydroxylation is 1. The minimum absolute atomic E-state index is 0.140. The van der Waals surface area contributed by atoms with Gasteiger partial charge in [-0.2, -0.15) is 9.97 Å². The van der Waals surface area contributed by atoms with Gasteiger partial charge in [-0.1, -0.05) is 25.2 Å². The number of fused-ring (bicyclic) bond motifs is 1. The molecule has 0 aromatic carbocycles. The van der Waals surface area contributed by atoms with Crippen LogP contribution in [0.3, 0.4) is 0 Å². The molecule has 0 aliphatic heterocycles. The average molecular weight is 492 g/mol. The summed E-state index contributed by atoms with van der Waals surface area (Å²) in [5.41, 5.74) is 9.31. The van der Waals surface area contributed by atoms with Crippen LogP contribution in [0.15, 0.2) is 60.7 Å². The molecule has 0 saturated heterocycles. The third-order valence-electron chi connectivity index (χ3n) is 5.35. The van der Waals surface area contributed by atoms with E-state index < -0.39 is 5.82 Å². The Labute approximate surface area is 207 Å². The number of ether oxygens (including phenoxy) is 1. The molecule has 4 aromatic heterocycles. The minimum Gasteiger partial charge on any atom is -0.464 e. The summed E-state index contributed by atoms with van der Waals surface area (Å²) in [5, 5.41) is 0. The van der Waals surface area contributed by atoms with Crippen LogP contribution in [0.4, 0.5) is 14.6 Å². The van der Waals surface area contributed by atoms with Crippen molar-refractivity contribution in [2.75, 3.05) is 12.3 Å². The van der Waals surface area contributed by atoms with E-state index in [9.17, 15) is 8.78 Å². The first-order valence-electron chi connectivity index (χ1n) is 11.7. The van der Waals surface area contributed by atoms with Gasteiger partial charge in [0, 0.05) is 18.0 Å². The molecule has 0 aliphatic rings. The van der Waals surface area contributed by atoms with Gasteiger partial charge in [-0.05, 0) is 49.5 Å². The fourth-order valence-corrected chi connectivity index (χ4v) is 3.75. The van der Waals surface area contributed by atoms with Gasteiger partial charge < -0.3 is 15.0 Å². The predicted molar refractivity (Wildman–Crippen MR) is 134 cm³/mol. The summed E-state index contributed by atoms with van der Waals surface area (Å²) < 4.78 is 34.9. The highest BCUT2D eigenvalue weighted by Gasteiger charge is 2.19. The lowest BCUT2D eigenvalue weighted by molar-refractivity contribution is 0.314. The average Bonchev–Trinajstić information content (AvgIpc) is 3.21. The van der Waals surface area contributed by atoms with Crippen LogP contribution in [0, 0.1) is 11.6 Å². The largest absolute Gasteiger partial charge is 0.464 e. The molecule has 186 valence electrons. The molecule has 2 N–H and O–H groups in total. The Kier molecular flexibility index (Phi) is 7.94. The van der Waals surface area contributed by atoms with Gasteiger partial charge in [0.2, 0.25) is 0 Å².